The molecule has 3 nitrogen and oxygen atoms in total. The van der Waals surface area contributed by atoms with Crippen LogP contribution in [0, 0.1) is 0 Å². The highest BCUT2D eigenvalue weighted by Crippen LogP contribution is 2.44. The largest absolute Gasteiger partial charge is 0.461 e. The number of hydrogen-bond acceptors (Lipinski definition) is 3. The number of carbonyl (C=O) groups is 1. The van der Waals surface area contributed by atoms with E-state index in [9.17, 15) is 4.79 Å². The molecule has 0 atom stereocenters. The van der Waals surface area contributed by atoms with Crippen LogP contribution in [0.4, 0.5) is 0 Å². The maximum absolute atomic E-state index is 12.2. The highest BCUT2D eigenvalue weighted by molar-refractivity contribution is 5.89. The number of pyridine rings is 1. The molecule has 0 radical (unpaired) electrons. The fraction of sp³-hybridized carbons (Fsp3) is 0.100. The van der Waals surface area contributed by atoms with Gasteiger partial charge in [0.05, 0.1) is 5.56 Å². The molecule has 4 rings (SSSR count). The summed E-state index contributed by atoms with van der Waals surface area (Å²) in [6, 6.07) is 19.9. The Kier molecular flexibility index (Phi) is 3.39. The van der Waals surface area contributed by atoms with Gasteiger partial charge in [-0.15, -0.1) is 0 Å². The number of aromatic nitrogens is 1. The second kappa shape index (κ2) is 5.69. The first-order valence-corrected chi connectivity index (χ1v) is 7.60. The molecule has 0 aliphatic heterocycles. The third-order valence-corrected chi connectivity index (χ3v) is 4.26. The van der Waals surface area contributed by atoms with Crippen molar-refractivity contribution in [3.63, 3.8) is 0 Å². The van der Waals surface area contributed by atoms with E-state index in [1.54, 1.807) is 24.5 Å². The van der Waals surface area contributed by atoms with Gasteiger partial charge in [-0.2, -0.15) is 0 Å². The third kappa shape index (κ3) is 2.40. The summed E-state index contributed by atoms with van der Waals surface area (Å²) in [5.41, 5.74) is 5.42. The van der Waals surface area contributed by atoms with Crippen LogP contribution in [-0.2, 0) is 4.74 Å². The Morgan fingerprint density at radius 3 is 2.04 bits per heavy atom. The highest BCUT2D eigenvalue weighted by atomic mass is 16.5. The van der Waals surface area contributed by atoms with Gasteiger partial charge in [0, 0.05) is 18.3 Å². The predicted octanol–water partition coefficient (Wildman–Crippen LogP) is 4.05. The Morgan fingerprint density at radius 1 is 0.870 bits per heavy atom. The van der Waals surface area contributed by atoms with Crippen molar-refractivity contribution in [3.8, 4) is 11.1 Å². The second-order valence-electron chi connectivity index (χ2n) is 5.56. The number of hydrogen-bond donors (Lipinski definition) is 0. The van der Waals surface area contributed by atoms with Gasteiger partial charge in [-0.3, -0.25) is 4.98 Å². The van der Waals surface area contributed by atoms with E-state index in [-0.39, 0.29) is 11.9 Å². The minimum absolute atomic E-state index is 0.0909. The number of esters is 1. The molecule has 23 heavy (non-hydrogen) atoms. The van der Waals surface area contributed by atoms with Crippen molar-refractivity contribution in [1.29, 1.82) is 0 Å². The van der Waals surface area contributed by atoms with Crippen molar-refractivity contribution in [3.05, 3.63) is 89.7 Å². The van der Waals surface area contributed by atoms with E-state index in [2.05, 4.69) is 29.2 Å². The number of ether oxygens (including phenoxy) is 1. The zero-order valence-corrected chi connectivity index (χ0v) is 12.5. The molecule has 0 fully saturated rings. The highest BCUT2D eigenvalue weighted by Gasteiger charge is 2.29. The number of benzene rings is 2. The van der Waals surface area contributed by atoms with Gasteiger partial charge in [0.1, 0.15) is 6.61 Å². The molecule has 0 saturated heterocycles. The monoisotopic (exact) mass is 301 g/mol. The second-order valence-corrected chi connectivity index (χ2v) is 5.56. The Bertz CT molecular complexity index is 813. The molecule has 1 aliphatic carbocycles. The van der Waals surface area contributed by atoms with E-state index in [1.165, 1.54) is 22.3 Å². The van der Waals surface area contributed by atoms with E-state index < -0.39 is 0 Å². The van der Waals surface area contributed by atoms with Crippen molar-refractivity contribution >= 4 is 5.97 Å². The molecular weight excluding hydrogens is 286 g/mol. The number of fused-ring (bicyclic) bond motifs is 3. The van der Waals surface area contributed by atoms with Crippen LogP contribution in [-0.4, -0.2) is 17.6 Å². The molecule has 1 heterocycles. The summed E-state index contributed by atoms with van der Waals surface area (Å²) >= 11 is 0. The summed E-state index contributed by atoms with van der Waals surface area (Å²) < 4.78 is 5.56. The lowest BCUT2D eigenvalue weighted by atomic mass is 9.98. The van der Waals surface area contributed by atoms with Gasteiger partial charge < -0.3 is 4.74 Å². The summed E-state index contributed by atoms with van der Waals surface area (Å²) in [5, 5.41) is 0. The van der Waals surface area contributed by atoms with E-state index >= 15 is 0 Å². The summed E-state index contributed by atoms with van der Waals surface area (Å²) in [4.78, 5) is 16.1. The molecule has 0 spiro atoms. The fourth-order valence-corrected chi connectivity index (χ4v) is 3.17. The Hall–Kier alpha value is -2.94. The Morgan fingerprint density at radius 2 is 1.43 bits per heavy atom. The lowest BCUT2D eigenvalue weighted by molar-refractivity contribution is 0.0493. The molecule has 0 saturated carbocycles. The van der Waals surface area contributed by atoms with E-state index in [0.29, 0.717) is 12.2 Å². The summed E-state index contributed by atoms with van der Waals surface area (Å²) in [5.74, 6) is -0.220. The quantitative estimate of drug-likeness (QED) is 0.685. The lowest BCUT2D eigenvalue weighted by Gasteiger charge is -2.14. The van der Waals surface area contributed by atoms with Crippen molar-refractivity contribution < 1.29 is 9.53 Å². The van der Waals surface area contributed by atoms with Gasteiger partial charge in [-0.1, -0.05) is 48.5 Å². The van der Waals surface area contributed by atoms with Gasteiger partial charge in [0.2, 0.25) is 0 Å². The molecule has 0 N–H and O–H groups in total. The zero-order chi connectivity index (χ0) is 15.6. The predicted molar refractivity (Wildman–Crippen MR) is 88.2 cm³/mol. The van der Waals surface area contributed by atoms with Crippen LogP contribution in [0.1, 0.15) is 27.4 Å². The lowest BCUT2D eigenvalue weighted by Crippen LogP contribution is -2.12. The van der Waals surface area contributed by atoms with Crippen LogP contribution in [0.15, 0.2) is 73.1 Å². The van der Waals surface area contributed by atoms with E-state index in [4.69, 9.17) is 4.74 Å². The van der Waals surface area contributed by atoms with Crippen LogP contribution in [0.25, 0.3) is 11.1 Å². The van der Waals surface area contributed by atoms with Crippen LogP contribution >= 0.6 is 0 Å². The number of rotatable bonds is 3. The van der Waals surface area contributed by atoms with Gasteiger partial charge >= 0.3 is 5.97 Å². The maximum Gasteiger partial charge on any atom is 0.338 e. The Balaban J connectivity index is 1.61. The topological polar surface area (TPSA) is 39.2 Å². The van der Waals surface area contributed by atoms with Crippen LogP contribution in [0.2, 0.25) is 0 Å². The molecule has 1 aromatic heterocycles. The molecule has 1 aliphatic rings. The molecular formula is C20H15NO2. The average molecular weight is 301 g/mol. The zero-order valence-electron chi connectivity index (χ0n) is 12.5. The van der Waals surface area contributed by atoms with E-state index in [1.807, 2.05) is 24.3 Å². The molecule has 3 heteroatoms. The fourth-order valence-electron chi connectivity index (χ4n) is 3.17. The van der Waals surface area contributed by atoms with Gasteiger partial charge in [-0.05, 0) is 34.4 Å². The van der Waals surface area contributed by atoms with Gasteiger partial charge in [-0.25, -0.2) is 4.79 Å². The van der Waals surface area contributed by atoms with Gasteiger partial charge in [0.25, 0.3) is 0 Å². The molecule has 2 aromatic carbocycles. The minimum Gasteiger partial charge on any atom is -0.461 e. The summed E-state index contributed by atoms with van der Waals surface area (Å²) in [6.45, 7) is 0.342. The molecule has 112 valence electrons. The SMILES string of the molecule is O=C(OCC1c2ccccc2-c2ccccc21)c1ccncc1. The minimum atomic E-state index is -0.311. The van der Waals surface area contributed by atoms with Crippen molar-refractivity contribution in [1.82, 2.24) is 4.98 Å². The number of carbonyl (C=O) groups excluding carboxylic acids is 1. The Labute approximate surface area is 134 Å². The average Bonchev–Trinajstić information content (AvgIpc) is 2.94. The molecule has 0 unspecified atom stereocenters. The normalized spacial score (nSPS) is 12.5. The standard InChI is InChI=1S/C20H15NO2/c22-20(14-9-11-21-12-10-14)23-13-19-17-7-3-1-5-15(17)16-6-2-4-8-18(16)19/h1-12,19H,13H2. The first-order valence-electron chi connectivity index (χ1n) is 7.60. The summed E-state index contributed by atoms with van der Waals surface area (Å²) in [6.07, 6.45) is 3.19. The van der Waals surface area contributed by atoms with Crippen molar-refractivity contribution in [2.75, 3.05) is 6.61 Å². The van der Waals surface area contributed by atoms with Crippen LogP contribution < -0.4 is 0 Å². The molecule has 0 amide bonds. The van der Waals surface area contributed by atoms with Crippen molar-refractivity contribution in [2.24, 2.45) is 0 Å². The van der Waals surface area contributed by atoms with Crippen molar-refractivity contribution in [2.45, 2.75) is 5.92 Å². The molecule has 3 aromatic rings. The maximum atomic E-state index is 12.2. The third-order valence-electron chi connectivity index (χ3n) is 4.26. The molecule has 0 bridgehead atoms. The first-order chi connectivity index (χ1) is 11.3. The first kappa shape index (κ1) is 13.7. The summed E-state index contributed by atoms with van der Waals surface area (Å²) in [7, 11) is 0. The van der Waals surface area contributed by atoms with Crippen LogP contribution in [0.5, 0.6) is 0 Å². The number of nitrogens with zero attached hydrogens (tertiary/aromatic N) is 1. The smallest absolute Gasteiger partial charge is 0.338 e. The van der Waals surface area contributed by atoms with Crippen LogP contribution in [0.3, 0.4) is 0 Å². The van der Waals surface area contributed by atoms with Gasteiger partial charge in [0.15, 0.2) is 0 Å². The van der Waals surface area contributed by atoms with E-state index in [0.717, 1.165) is 0 Å².